The molecule has 0 saturated heterocycles. The minimum Gasteiger partial charge on any atom is -0.493 e. The Bertz CT molecular complexity index is 540. The summed E-state index contributed by atoms with van der Waals surface area (Å²) < 4.78 is 5.45. The van der Waals surface area contributed by atoms with Crippen molar-refractivity contribution in [1.82, 2.24) is 10.6 Å². The smallest absolute Gasteiger partial charge is 0.243 e. The van der Waals surface area contributed by atoms with Crippen LogP contribution in [0.2, 0.25) is 0 Å². The molecule has 106 valence electrons. The van der Waals surface area contributed by atoms with E-state index in [9.17, 15) is 9.59 Å². The third-order valence-electron chi connectivity index (χ3n) is 3.20. The summed E-state index contributed by atoms with van der Waals surface area (Å²) in [6.07, 6.45) is 2.04. The molecule has 5 heteroatoms. The van der Waals surface area contributed by atoms with E-state index in [-0.39, 0.29) is 24.4 Å². The molecule has 0 fully saturated rings. The van der Waals surface area contributed by atoms with Gasteiger partial charge in [-0.15, -0.1) is 0 Å². The van der Waals surface area contributed by atoms with Gasteiger partial charge in [0.2, 0.25) is 11.8 Å². The Balaban J connectivity index is 1.91. The summed E-state index contributed by atoms with van der Waals surface area (Å²) in [6.45, 7) is 5.90. The summed E-state index contributed by atoms with van der Waals surface area (Å²) in [5.41, 5.74) is 2.20. The monoisotopic (exact) mass is 274 g/mol. The first-order chi connectivity index (χ1) is 9.60. The molecule has 1 aliphatic heterocycles. The van der Waals surface area contributed by atoms with Crippen molar-refractivity contribution in [2.75, 3.05) is 13.2 Å². The summed E-state index contributed by atoms with van der Waals surface area (Å²) in [7, 11) is 0. The normalized spacial score (nSPS) is 13.8. The third kappa shape index (κ3) is 3.38. The predicted octanol–water partition coefficient (Wildman–Crippen LogP) is 1.10. The van der Waals surface area contributed by atoms with Gasteiger partial charge in [-0.25, -0.2) is 0 Å². The summed E-state index contributed by atoms with van der Waals surface area (Å²) in [5.74, 6) is 0.331. The van der Waals surface area contributed by atoms with Crippen LogP contribution in [-0.2, 0) is 16.0 Å². The Morgan fingerprint density at radius 3 is 3.05 bits per heavy atom. The topological polar surface area (TPSA) is 67.4 Å². The maximum Gasteiger partial charge on any atom is 0.243 e. The zero-order valence-corrected chi connectivity index (χ0v) is 11.4. The number of carbonyl (C=O) groups excluding carboxylic acids is 2. The lowest BCUT2D eigenvalue weighted by Crippen LogP contribution is -2.37. The molecule has 0 spiro atoms. The van der Waals surface area contributed by atoms with Crippen LogP contribution >= 0.6 is 0 Å². The largest absolute Gasteiger partial charge is 0.493 e. The van der Waals surface area contributed by atoms with E-state index in [0.29, 0.717) is 6.61 Å². The average Bonchev–Trinajstić information content (AvgIpc) is 2.91. The summed E-state index contributed by atoms with van der Waals surface area (Å²) >= 11 is 0. The van der Waals surface area contributed by atoms with Crippen molar-refractivity contribution in [1.29, 1.82) is 0 Å². The van der Waals surface area contributed by atoms with Gasteiger partial charge in [0.1, 0.15) is 5.75 Å². The standard InChI is InChI=1S/C15H18N2O3/c1-3-14(18)16-9-15(19)17-10(2)11-4-5-13-12(8-11)6-7-20-13/h3-5,8,10H,1,6-7,9H2,2H3,(H,16,18)(H,17,19)/t10-/m1/s1. The van der Waals surface area contributed by atoms with Crippen molar-refractivity contribution in [2.24, 2.45) is 0 Å². The maximum atomic E-state index is 11.7. The van der Waals surface area contributed by atoms with Gasteiger partial charge in [-0.3, -0.25) is 9.59 Å². The number of rotatable bonds is 5. The first kappa shape index (κ1) is 14.1. The maximum absolute atomic E-state index is 11.7. The Morgan fingerprint density at radius 2 is 2.30 bits per heavy atom. The predicted molar refractivity (Wildman–Crippen MR) is 75.4 cm³/mol. The highest BCUT2D eigenvalue weighted by Gasteiger charge is 2.15. The highest BCUT2D eigenvalue weighted by Crippen LogP contribution is 2.27. The van der Waals surface area contributed by atoms with Gasteiger partial charge in [0.15, 0.2) is 0 Å². The van der Waals surface area contributed by atoms with E-state index in [0.717, 1.165) is 23.8 Å². The number of ether oxygens (including phenoxy) is 1. The van der Waals surface area contributed by atoms with Crippen molar-refractivity contribution in [3.63, 3.8) is 0 Å². The van der Waals surface area contributed by atoms with Crippen molar-refractivity contribution < 1.29 is 14.3 Å². The molecule has 1 aromatic carbocycles. The number of hydrogen-bond acceptors (Lipinski definition) is 3. The second kappa shape index (κ2) is 6.23. The van der Waals surface area contributed by atoms with Crippen LogP contribution in [0.5, 0.6) is 5.75 Å². The number of hydrogen-bond donors (Lipinski definition) is 2. The average molecular weight is 274 g/mol. The van der Waals surface area contributed by atoms with E-state index in [1.165, 1.54) is 5.56 Å². The molecule has 5 nitrogen and oxygen atoms in total. The number of amides is 2. The van der Waals surface area contributed by atoms with E-state index in [4.69, 9.17) is 4.74 Å². The molecule has 0 aliphatic carbocycles. The lowest BCUT2D eigenvalue weighted by molar-refractivity contribution is -0.124. The van der Waals surface area contributed by atoms with Crippen LogP contribution in [0.3, 0.4) is 0 Å². The molecule has 2 rings (SSSR count). The van der Waals surface area contributed by atoms with E-state index in [1.807, 2.05) is 19.1 Å². The van der Waals surface area contributed by atoms with Gasteiger partial charge in [0.05, 0.1) is 19.2 Å². The summed E-state index contributed by atoms with van der Waals surface area (Å²) in [4.78, 5) is 22.7. The van der Waals surface area contributed by atoms with Crippen LogP contribution in [0.15, 0.2) is 30.9 Å². The van der Waals surface area contributed by atoms with E-state index in [1.54, 1.807) is 0 Å². The van der Waals surface area contributed by atoms with E-state index in [2.05, 4.69) is 23.3 Å². The second-order valence-corrected chi connectivity index (χ2v) is 4.68. The molecule has 1 heterocycles. The fourth-order valence-corrected chi connectivity index (χ4v) is 2.09. The molecule has 0 unspecified atom stereocenters. The van der Waals surface area contributed by atoms with Crippen molar-refractivity contribution in [2.45, 2.75) is 19.4 Å². The van der Waals surface area contributed by atoms with Gasteiger partial charge in [-0.2, -0.15) is 0 Å². The Labute approximate surface area is 118 Å². The molecule has 1 aliphatic rings. The van der Waals surface area contributed by atoms with Crippen LogP contribution in [0.4, 0.5) is 0 Å². The second-order valence-electron chi connectivity index (χ2n) is 4.68. The molecule has 0 bridgehead atoms. The van der Waals surface area contributed by atoms with Gasteiger partial charge < -0.3 is 15.4 Å². The fourth-order valence-electron chi connectivity index (χ4n) is 2.09. The Kier molecular flexibility index (Phi) is 4.40. The van der Waals surface area contributed by atoms with Crippen molar-refractivity contribution in [3.8, 4) is 5.75 Å². The van der Waals surface area contributed by atoms with Crippen molar-refractivity contribution in [3.05, 3.63) is 42.0 Å². The molecular formula is C15H18N2O3. The molecule has 2 amide bonds. The number of benzene rings is 1. The minimum atomic E-state index is -0.359. The number of fused-ring (bicyclic) bond motifs is 1. The van der Waals surface area contributed by atoms with Crippen LogP contribution in [0.25, 0.3) is 0 Å². The van der Waals surface area contributed by atoms with Crippen molar-refractivity contribution >= 4 is 11.8 Å². The van der Waals surface area contributed by atoms with Crippen LogP contribution < -0.4 is 15.4 Å². The molecule has 0 aromatic heterocycles. The highest BCUT2D eigenvalue weighted by molar-refractivity contribution is 5.90. The first-order valence-electron chi connectivity index (χ1n) is 6.55. The van der Waals surface area contributed by atoms with Crippen LogP contribution in [0.1, 0.15) is 24.1 Å². The fraction of sp³-hybridized carbons (Fsp3) is 0.333. The molecule has 0 saturated carbocycles. The van der Waals surface area contributed by atoms with Gasteiger partial charge in [-0.05, 0) is 36.3 Å². The Morgan fingerprint density at radius 1 is 1.50 bits per heavy atom. The van der Waals surface area contributed by atoms with Crippen LogP contribution in [-0.4, -0.2) is 25.0 Å². The molecule has 20 heavy (non-hydrogen) atoms. The zero-order chi connectivity index (χ0) is 14.5. The number of nitrogens with one attached hydrogen (secondary N) is 2. The minimum absolute atomic E-state index is 0.0523. The highest BCUT2D eigenvalue weighted by atomic mass is 16.5. The van der Waals surface area contributed by atoms with E-state index < -0.39 is 0 Å². The molecular weight excluding hydrogens is 256 g/mol. The van der Waals surface area contributed by atoms with Gasteiger partial charge in [-0.1, -0.05) is 12.6 Å². The third-order valence-corrected chi connectivity index (χ3v) is 3.20. The lowest BCUT2D eigenvalue weighted by atomic mass is 10.0. The molecule has 1 atom stereocenters. The van der Waals surface area contributed by atoms with E-state index >= 15 is 0 Å². The van der Waals surface area contributed by atoms with Gasteiger partial charge in [0.25, 0.3) is 0 Å². The summed E-state index contributed by atoms with van der Waals surface area (Å²) in [6, 6.07) is 5.81. The molecule has 2 N–H and O–H groups in total. The SMILES string of the molecule is C=CC(=O)NCC(=O)N[C@H](C)c1ccc2c(c1)CCO2. The lowest BCUT2D eigenvalue weighted by Gasteiger charge is -2.15. The Hall–Kier alpha value is -2.30. The van der Waals surface area contributed by atoms with Crippen LogP contribution in [0, 0.1) is 0 Å². The van der Waals surface area contributed by atoms with Gasteiger partial charge >= 0.3 is 0 Å². The number of carbonyl (C=O) groups is 2. The first-order valence-corrected chi connectivity index (χ1v) is 6.55. The quantitative estimate of drug-likeness (QED) is 0.790. The molecule has 0 radical (unpaired) electrons. The molecule has 1 aromatic rings. The summed E-state index contributed by atoms with van der Waals surface area (Å²) in [5, 5.41) is 5.28. The van der Waals surface area contributed by atoms with Gasteiger partial charge in [0, 0.05) is 6.42 Å². The zero-order valence-electron chi connectivity index (χ0n) is 11.4.